The van der Waals surface area contributed by atoms with Crippen molar-refractivity contribution in [2.24, 2.45) is 56.2 Å². The fraction of sp³-hybridized carbons (Fsp3) is 0.778. The van der Waals surface area contributed by atoms with Crippen LogP contribution in [0.1, 0.15) is 157 Å². The molecular weight excluding hydrogens is 693 g/mol. The van der Waals surface area contributed by atoms with Crippen LogP contribution in [0.5, 0.6) is 0 Å². The van der Waals surface area contributed by atoms with E-state index in [4.69, 9.17) is 14.2 Å². The van der Waals surface area contributed by atoms with Crippen molar-refractivity contribution in [3.63, 3.8) is 0 Å². The van der Waals surface area contributed by atoms with E-state index in [-0.39, 0.29) is 58.0 Å². The van der Waals surface area contributed by atoms with E-state index in [9.17, 15) is 14.7 Å². The predicted molar refractivity (Wildman–Crippen MR) is 207 cm³/mol. The second-order valence-electron chi connectivity index (χ2n) is 20.9. The maximum absolute atomic E-state index is 15.1. The lowest BCUT2D eigenvalue weighted by Crippen LogP contribution is -2.67. The Morgan fingerprint density at radius 2 is 1.69 bits per heavy atom. The number of aromatic nitrogens is 3. The number of carboxylic acid groups (broad SMARTS) is 1. The lowest BCUT2D eigenvalue weighted by atomic mass is 9.32. The van der Waals surface area contributed by atoms with Crippen molar-refractivity contribution in [1.82, 2.24) is 20.0 Å². The SMILES string of the molecule is CC(C)(CC(=O)O)CC(=O)OC1CCC2(C)C(CC[C@@]3(C)C2CCC2C4CCCC4(C(=O)N4CCC[C@@H]4c4nc(-c5cccnc5)no4)CC[C@]23C)C1(C)C. The van der Waals surface area contributed by atoms with Gasteiger partial charge in [0, 0.05) is 29.9 Å². The molecule has 10 nitrogen and oxygen atoms in total. The largest absolute Gasteiger partial charge is 0.481 e. The van der Waals surface area contributed by atoms with Crippen molar-refractivity contribution in [1.29, 1.82) is 0 Å². The number of fused-ring (bicyclic) bond motifs is 7. The van der Waals surface area contributed by atoms with E-state index in [1.807, 2.05) is 26.0 Å². The van der Waals surface area contributed by atoms with Gasteiger partial charge in [0.05, 0.1) is 18.3 Å². The maximum atomic E-state index is 15.1. The van der Waals surface area contributed by atoms with E-state index in [0.29, 0.717) is 41.3 Å². The lowest BCUT2D eigenvalue weighted by Gasteiger charge is -2.72. The molecule has 2 aromatic heterocycles. The molecule has 10 atom stereocenters. The molecule has 55 heavy (non-hydrogen) atoms. The summed E-state index contributed by atoms with van der Waals surface area (Å²) in [5, 5.41) is 13.6. The number of hydrogen-bond acceptors (Lipinski definition) is 8. The molecule has 0 aromatic carbocycles. The van der Waals surface area contributed by atoms with Gasteiger partial charge in [0.2, 0.25) is 17.6 Å². The third-order valence-corrected chi connectivity index (χ3v) is 17.4. The molecule has 1 saturated heterocycles. The van der Waals surface area contributed by atoms with Crippen LogP contribution in [0.4, 0.5) is 0 Å². The maximum Gasteiger partial charge on any atom is 0.306 e. The first-order valence-corrected chi connectivity index (χ1v) is 21.4. The molecule has 3 heterocycles. The van der Waals surface area contributed by atoms with Gasteiger partial charge in [0.15, 0.2) is 0 Å². The molecule has 0 radical (unpaired) electrons. The van der Waals surface area contributed by atoms with Crippen LogP contribution in [0, 0.1) is 56.2 Å². The highest BCUT2D eigenvalue weighted by molar-refractivity contribution is 5.84. The van der Waals surface area contributed by atoms with Crippen molar-refractivity contribution in [2.45, 2.75) is 157 Å². The molecule has 1 amide bonds. The molecule has 6 fully saturated rings. The Bertz CT molecular complexity index is 1810. The van der Waals surface area contributed by atoms with E-state index in [0.717, 1.165) is 76.3 Å². The summed E-state index contributed by atoms with van der Waals surface area (Å²) in [5.41, 5.74) is 0.137. The summed E-state index contributed by atoms with van der Waals surface area (Å²) >= 11 is 0. The zero-order valence-corrected chi connectivity index (χ0v) is 34.4. The zero-order valence-electron chi connectivity index (χ0n) is 34.4. The highest BCUT2D eigenvalue weighted by Gasteiger charge is 2.71. The van der Waals surface area contributed by atoms with Gasteiger partial charge >= 0.3 is 11.9 Å². The highest BCUT2D eigenvalue weighted by atomic mass is 16.5. The third kappa shape index (κ3) is 5.99. The van der Waals surface area contributed by atoms with Crippen LogP contribution in [0.25, 0.3) is 11.4 Å². The summed E-state index contributed by atoms with van der Waals surface area (Å²) in [6.45, 7) is 16.9. The second kappa shape index (κ2) is 13.4. The molecule has 6 aliphatic rings. The summed E-state index contributed by atoms with van der Waals surface area (Å²) in [6.07, 6.45) is 17.0. The van der Waals surface area contributed by atoms with Crippen molar-refractivity contribution in [3.05, 3.63) is 30.4 Å². The van der Waals surface area contributed by atoms with Crippen LogP contribution in [0.2, 0.25) is 0 Å². The van der Waals surface area contributed by atoms with Crippen molar-refractivity contribution in [3.8, 4) is 11.4 Å². The number of carboxylic acids is 1. The molecule has 300 valence electrons. The number of nitrogens with zero attached hydrogens (tertiary/aromatic N) is 4. The number of likely N-dealkylation sites (tertiary alicyclic amines) is 1. The van der Waals surface area contributed by atoms with Gasteiger partial charge in [-0.3, -0.25) is 19.4 Å². The van der Waals surface area contributed by atoms with Crippen LogP contribution in [0.15, 0.2) is 29.0 Å². The summed E-state index contributed by atoms with van der Waals surface area (Å²) in [4.78, 5) is 50.9. The van der Waals surface area contributed by atoms with Gasteiger partial charge in [-0.25, -0.2) is 0 Å². The number of ether oxygens (including phenoxy) is 1. The monoisotopic (exact) mass is 756 g/mol. The number of carbonyl (C=O) groups is 3. The number of aliphatic carboxylic acids is 1. The number of pyridine rings is 1. The molecule has 2 aromatic rings. The van der Waals surface area contributed by atoms with Gasteiger partial charge < -0.3 is 19.3 Å². The fourth-order valence-corrected chi connectivity index (χ4v) is 14.7. The summed E-state index contributed by atoms with van der Waals surface area (Å²) in [7, 11) is 0. The average Bonchev–Trinajstić information content (AvgIpc) is 3.89. The van der Waals surface area contributed by atoms with Crippen LogP contribution in [-0.2, 0) is 19.1 Å². The third-order valence-electron chi connectivity index (χ3n) is 17.4. The quantitative estimate of drug-likeness (QED) is 0.261. The minimum atomic E-state index is -0.889. The highest BCUT2D eigenvalue weighted by Crippen LogP contribution is 2.77. The van der Waals surface area contributed by atoms with Gasteiger partial charge in [0.1, 0.15) is 12.1 Å². The van der Waals surface area contributed by atoms with Crippen LogP contribution in [0.3, 0.4) is 0 Å². The summed E-state index contributed by atoms with van der Waals surface area (Å²) < 4.78 is 12.1. The first kappa shape index (κ1) is 38.6. The Labute approximate surface area is 327 Å². The number of esters is 1. The van der Waals surface area contributed by atoms with E-state index in [2.05, 4.69) is 49.7 Å². The second-order valence-corrected chi connectivity index (χ2v) is 20.9. The molecule has 7 unspecified atom stereocenters. The molecule has 1 aliphatic heterocycles. The molecule has 10 heteroatoms. The van der Waals surface area contributed by atoms with Crippen molar-refractivity contribution >= 4 is 17.8 Å². The molecule has 8 rings (SSSR count). The smallest absolute Gasteiger partial charge is 0.306 e. The van der Waals surface area contributed by atoms with E-state index < -0.39 is 11.4 Å². The van der Waals surface area contributed by atoms with E-state index in [1.165, 1.54) is 19.3 Å². The normalized spacial score (nSPS) is 39.4. The number of hydrogen-bond donors (Lipinski definition) is 1. The fourth-order valence-electron chi connectivity index (χ4n) is 14.7. The average molecular weight is 757 g/mol. The minimum Gasteiger partial charge on any atom is -0.481 e. The minimum absolute atomic E-state index is 0.0554. The predicted octanol–water partition coefficient (Wildman–Crippen LogP) is 9.45. The Morgan fingerprint density at radius 3 is 2.44 bits per heavy atom. The first-order chi connectivity index (χ1) is 26.0. The molecule has 0 spiro atoms. The van der Waals surface area contributed by atoms with Crippen molar-refractivity contribution < 1.29 is 28.8 Å². The summed E-state index contributed by atoms with van der Waals surface area (Å²) in [6, 6.07) is 3.63. The molecule has 5 saturated carbocycles. The van der Waals surface area contributed by atoms with Gasteiger partial charge in [-0.1, -0.05) is 60.0 Å². The van der Waals surface area contributed by atoms with E-state index >= 15 is 4.79 Å². The number of amides is 1. The van der Waals surface area contributed by atoms with Gasteiger partial charge in [-0.05, 0) is 135 Å². The molecular formula is C45H64N4O6. The van der Waals surface area contributed by atoms with Gasteiger partial charge in [-0.2, -0.15) is 4.98 Å². The Morgan fingerprint density at radius 1 is 0.891 bits per heavy atom. The zero-order chi connectivity index (χ0) is 39.2. The number of carbonyl (C=O) groups excluding carboxylic acids is 2. The van der Waals surface area contributed by atoms with Crippen molar-refractivity contribution in [2.75, 3.05) is 6.54 Å². The summed E-state index contributed by atoms with van der Waals surface area (Å²) in [5.74, 6) is 2.17. The topological polar surface area (TPSA) is 136 Å². The Hall–Kier alpha value is -3.30. The first-order valence-electron chi connectivity index (χ1n) is 21.4. The standard InChI is InChI=1S/C45H64N4O6/c1-40(2,25-35(50)51)26-36(52)54-34-17-19-42(5)32(41(34,3)4)16-20-44(7)33(42)15-14-29-30-12-8-18-45(30,22-21-43(29,44)6)39(53)49-24-10-13-31(49)38-47-37(48-55-38)28-11-9-23-46-27-28/h9,11,23,27,29-34H,8,10,12-22,24-26H2,1-7H3,(H,50,51)/t29?,30?,31-,32?,33?,34?,42?,43-,44+,45?/m1/s1. The lowest BCUT2D eigenvalue weighted by molar-refractivity contribution is -0.248. The van der Waals surface area contributed by atoms with Crippen LogP contribution in [-0.4, -0.2) is 55.6 Å². The van der Waals surface area contributed by atoms with Gasteiger partial charge in [-0.15, -0.1) is 0 Å². The van der Waals surface area contributed by atoms with Crippen LogP contribution >= 0.6 is 0 Å². The molecule has 1 N–H and O–H groups in total. The number of rotatable bonds is 8. The molecule has 5 aliphatic carbocycles. The molecule has 0 bridgehead atoms. The van der Waals surface area contributed by atoms with E-state index in [1.54, 1.807) is 12.4 Å². The Balaban J connectivity index is 1.00. The van der Waals surface area contributed by atoms with Crippen LogP contribution < -0.4 is 0 Å². The van der Waals surface area contributed by atoms with Gasteiger partial charge in [0.25, 0.3) is 0 Å². The Kier molecular flexibility index (Phi) is 9.39.